The lowest BCUT2D eigenvalue weighted by molar-refractivity contribution is -0.134. The van der Waals surface area contributed by atoms with Crippen LogP contribution in [-0.2, 0) is 4.79 Å². The molecule has 1 aliphatic heterocycles. The molecule has 106 valence electrons. The van der Waals surface area contributed by atoms with Crippen LogP contribution in [0.4, 0.5) is 5.82 Å². The Morgan fingerprint density at radius 1 is 1.60 bits per heavy atom. The highest BCUT2D eigenvalue weighted by Gasteiger charge is 2.27. The maximum atomic E-state index is 12.5. The number of likely N-dealkylation sites (tertiary alicyclic amines) is 1. The van der Waals surface area contributed by atoms with Gasteiger partial charge in [0.25, 0.3) is 0 Å². The van der Waals surface area contributed by atoms with Crippen LogP contribution in [0.1, 0.15) is 38.7 Å². The van der Waals surface area contributed by atoms with Crippen LogP contribution in [0, 0.1) is 11.3 Å². The molecule has 1 N–H and O–H groups in total. The number of nitriles is 1. The van der Waals surface area contributed by atoms with Crippen molar-refractivity contribution in [2.24, 2.45) is 0 Å². The number of piperidine rings is 1. The van der Waals surface area contributed by atoms with Crippen molar-refractivity contribution < 1.29 is 4.79 Å². The normalized spacial score (nSPS) is 20.1. The molecule has 1 aromatic rings. The lowest BCUT2D eigenvalue weighted by atomic mass is 10.0. The molecule has 1 saturated heterocycles. The van der Waals surface area contributed by atoms with Crippen LogP contribution in [0.15, 0.2) is 18.3 Å². The molecule has 1 aromatic heterocycles. The summed E-state index contributed by atoms with van der Waals surface area (Å²) in [5.74, 6) is 0.548. The van der Waals surface area contributed by atoms with Crippen molar-refractivity contribution in [3.63, 3.8) is 0 Å². The van der Waals surface area contributed by atoms with Crippen LogP contribution in [0.25, 0.3) is 0 Å². The quantitative estimate of drug-likeness (QED) is 0.915. The molecule has 1 fully saturated rings. The van der Waals surface area contributed by atoms with Gasteiger partial charge >= 0.3 is 0 Å². The fraction of sp³-hybridized carbons (Fsp3) is 0.533. The molecular formula is C15H20N4O. The average Bonchev–Trinajstić information content (AvgIpc) is 2.47. The van der Waals surface area contributed by atoms with Crippen molar-refractivity contribution in [2.75, 3.05) is 11.9 Å². The predicted molar refractivity (Wildman–Crippen MR) is 77.1 cm³/mol. The van der Waals surface area contributed by atoms with E-state index in [9.17, 15) is 4.79 Å². The number of nitrogens with zero attached hydrogens (tertiary/aromatic N) is 3. The number of carbonyl (C=O) groups is 1. The summed E-state index contributed by atoms with van der Waals surface area (Å²) in [5, 5.41) is 12.1. The minimum absolute atomic E-state index is 0.0757. The molecule has 0 spiro atoms. The van der Waals surface area contributed by atoms with E-state index in [1.165, 1.54) is 6.42 Å². The number of nitrogens with one attached hydrogen (secondary N) is 1. The maximum absolute atomic E-state index is 12.5. The summed E-state index contributed by atoms with van der Waals surface area (Å²) in [6.07, 6.45) is 4.93. The number of hydrogen-bond donors (Lipinski definition) is 1. The first-order valence-electron chi connectivity index (χ1n) is 7.05. The molecule has 0 unspecified atom stereocenters. The van der Waals surface area contributed by atoms with E-state index in [0.29, 0.717) is 17.4 Å². The second-order valence-corrected chi connectivity index (χ2v) is 5.25. The molecule has 1 amide bonds. The van der Waals surface area contributed by atoms with Gasteiger partial charge in [-0.05, 0) is 45.2 Å². The van der Waals surface area contributed by atoms with Crippen LogP contribution in [0.5, 0.6) is 0 Å². The van der Waals surface area contributed by atoms with Crippen LogP contribution in [0.3, 0.4) is 0 Å². The van der Waals surface area contributed by atoms with Gasteiger partial charge in [0, 0.05) is 18.8 Å². The Kier molecular flexibility index (Phi) is 4.57. The predicted octanol–water partition coefficient (Wildman–Crippen LogP) is 2.15. The monoisotopic (exact) mass is 272 g/mol. The number of hydrogen-bond acceptors (Lipinski definition) is 4. The topological polar surface area (TPSA) is 69.0 Å². The summed E-state index contributed by atoms with van der Waals surface area (Å²) < 4.78 is 0. The Morgan fingerprint density at radius 3 is 3.10 bits per heavy atom. The highest BCUT2D eigenvalue weighted by Crippen LogP contribution is 2.19. The van der Waals surface area contributed by atoms with E-state index in [1.54, 1.807) is 18.3 Å². The van der Waals surface area contributed by atoms with Crippen molar-refractivity contribution >= 4 is 11.7 Å². The molecule has 1 aliphatic rings. The van der Waals surface area contributed by atoms with E-state index in [2.05, 4.69) is 23.3 Å². The number of amides is 1. The third kappa shape index (κ3) is 3.08. The van der Waals surface area contributed by atoms with Gasteiger partial charge in [-0.15, -0.1) is 0 Å². The van der Waals surface area contributed by atoms with Gasteiger partial charge in [-0.25, -0.2) is 4.98 Å². The van der Waals surface area contributed by atoms with Gasteiger partial charge in [0.15, 0.2) is 0 Å². The second kappa shape index (κ2) is 6.38. The van der Waals surface area contributed by atoms with E-state index in [0.717, 1.165) is 19.4 Å². The smallest absolute Gasteiger partial charge is 0.245 e. The van der Waals surface area contributed by atoms with Gasteiger partial charge in [-0.2, -0.15) is 5.26 Å². The van der Waals surface area contributed by atoms with Crippen LogP contribution < -0.4 is 5.32 Å². The Hall–Kier alpha value is -2.09. The average molecular weight is 272 g/mol. The molecule has 0 radical (unpaired) electrons. The first kappa shape index (κ1) is 14.3. The zero-order valence-corrected chi connectivity index (χ0v) is 12.0. The van der Waals surface area contributed by atoms with Crippen molar-refractivity contribution in [1.82, 2.24) is 9.88 Å². The molecule has 2 rings (SSSR count). The fourth-order valence-corrected chi connectivity index (χ4v) is 2.55. The number of rotatable bonds is 3. The van der Waals surface area contributed by atoms with Gasteiger partial charge in [-0.1, -0.05) is 0 Å². The molecule has 5 nitrogen and oxygen atoms in total. The highest BCUT2D eigenvalue weighted by molar-refractivity contribution is 5.84. The maximum Gasteiger partial charge on any atom is 0.245 e. The lowest BCUT2D eigenvalue weighted by Gasteiger charge is -2.35. The Balaban J connectivity index is 2.06. The van der Waals surface area contributed by atoms with E-state index in [-0.39, 0.29) is 11.9 Å². The minimum Gasteiger partial charge on any atom is -0.358 e. The number of aromatic nitrogens is 1. The van der Waals surface area contributed by atoms with E-state index in [1.807, 2.05) is 11.8 Å². The molecule has 2 heterocycles. The summed E-state index contributed by atoms with van der Waals surface area (Å²) in [6, 6.07) is 5.39. The van der Waals surface area contributed by atoms with Gasteiger partial charge in [-0.3, -0.25) is 4.79 Å². The summed E-state index contributed by atoms with van der Waals surface area (Å²) in [6.45, 7) is 4.73. The first-order valence-corrected chi connectivity index (χ1v) is 7.05. The van der Waals surface area contributed by atoms with Crippen molar-refractivity contribution in [3.05, 3.63) is 23.9 Å². The number of anilines is 1. The Morgan fingerprint density at radius 2 is 2.40 bits per heavy atom. The van der Waals surface area contributed by atoms with Crippen LogP contribution in [0.2, 0.25) is 0 Å². The van der Waals surface area contributed by atoms with Gasteiger partial charge in [0.1, 0.15) is 17.9 Å². The Labute approximate surface area is 119 Å². The zero-order chi connectivity index (χ0) is 14.5. The van der Waals surface area contributed by atoms with E-state index >= 15 is 0 Å². The molecule has 0 aliphatic carbocycles. The zero-order valence-electron chi connectivity index (χ0n) is 12.0. The third-order valence-electron chi connectivity index (χ3n) is 3.74. The summed E-state index contributed by atoms with van der Waals surface area (Å²) in [7, 11) is 0. The molecule has 20 heavy (non-hydrogen) atoms. The van der Waals surface area contributed by atoms with Gasteiger partial charge in [0.05, 0.1) is 5.56 Å². The molecule has 0 aromatic carbocycles. The second-order valence-electron chi connectivity index (χ2n) is 5.25. The van der Waals surface area contributed by atoms with Crippen LogP contribution in [-0.4, -0.2) is 34.4 Å². The lowest BCUT2D eigenvalue weighted by Crippen LogP contribution is -2.48. The fourth-order valence-electron chi connectivity index (χ4n) is 2.55. The Bertz CT molecular complexity index is 523. The SMILES string of the molecule is C[C@@H](Nc1ncccc1C#N)C(=O)N1CCCC[C@@H]1C. The summed E-state index contributed by atoms with van der Waals surface area (Å²) in [5.41, 5.74) is 0.457. The summed E-state index contributed by atoms with van der Waals surface area (Å²) >= 11 is 0. The van der Waals surface area contributed by atoms with Crippen molar-refractivity contribution in [1.29, 1.82) is 5.26 Å². The molecule has 5 heteroatoms. The van der Waals surface area contributed by atoms with E-state index in [4.69, 9.17) is 5.26 Å². The number of carbonyl (C=O) groups excluding carboxylic acids is 1. The molecule has 2 atom stereocenters. The third-order valence-corrected chi connectivity index (χ3v) is 3.74. The largest absolute Gasteiger partial charge is 0.358 e. The highest BCUT2D eigenvalue weighted by atomic mass is 16.2. The molecule has 0 bridgehead atoms. The van der Waals surface area contributed by atoms with Crippen molar-refractivity contribution in [3.8, 4) is 6.07 Å². The van der Waals surface area contributed by atoms with Gasteiger partial charge in [0.2, 0.25) is 5.91 Å². The first-order chi connectivity index (χ1) is 9.63. The van der Waals surface area contributed by atoms with Crippen LogP contribution >= 0.6 is 0 Å². The minimum atomic E-state index is -0.377. The summed E-state index contributed by atoms with van der Waals surface area (Å²) in [4.78, 5) is 18.5. The van der Waals surface area contributed by atoms with Gasteiger partial charge < -0.3 is 10.2 Å². The van der Waals surface area contributed by atoms with Crippen molar-refractivity contribution in [2.45, 2.75) is 45.2 Å². The standard InChI is InChI=1S/C15H20N4O/c1-11-6-3-4-9-19(11)15(20)12(2)18-14-13(10-16)7-5-8-17-14/h5,7-8,11-12H,3-4,6,9H2,1-2H3,(H,17,18)/t11-,12+/m0/s1. The number of pyridine rings is 1. The molecule has 0 saturated carbocycles. The van der Waals surface area contributed by atoms with E-state index < -0.39 is 0 Å². The molecular weight excluding hydrogens is 252 g/mol.